The highest BCUT2D eigenvalue weighted by Crippen LogP contribution is 2.29. The van der Waals surface area contributed by atoms with Gasteiger partial charge in [0.05, 0.1) is 19.7 Å². The number of hydrogen-bond donors (Lipinski definition) is 0. The second kappa shape index (κ2) is 5.30. The Morgan fingerprint density at radius 1 is 1.71 bits per heavy atom. The van der Waals surface area contributed by atoms with E-state index in [9.17, 15) is 4.79 Å². The lowest BCUT2D eigenvalue weighted by Crippen LogP contribution is -2.26. The number of nitriles is 1. The van der Waals surface area contributed by atoms with E-state index in [0.29, 0.717) is 24.0 Å². The van der Waals surface area contributed by atoms with Crippen molar-refractivity contribution in [2.75, 3.05) is 13.7 Å². The van der Waals surface area contributed by atoms with Crippen LogP contribution in [0.3, 0.4) is 0 Å². The Hall–Kier alpha value is -1.38. The maximum Gasteiger partial charge on any atom is 0.348 e. The largest absolute Gasteiger partial charge is 0.465 e. The standard InChI is InChI=1S/C12H14N2O2S/c1-16-12(15)11-9(4-7-17-11)8-14(6-5-13)10-2-3-10/h4,7,10H,2-3,6,8H2,1H3. The van der Waals surface area contributed by atoms with Crippen LogP contribution in [-0.4, -0.2) is 30.6 Å². The van der Waals surface area contributed by atoms with E-state index in [4.69, 9.17) is 10.00 Å². The molecule has 17 heavy (non-hydrogen) atoms. The third-order valence-electron chi connectivity index (χ3n) is 2.83. The van der Waals surface area contributed by atoms with Crippen molar-refractivity contribution in [3.63, 3.8) is 0 Å². The molecule has 90 valence electrons. The lowest BCUT2D eigenvalue weighted by Gasteiger charge is -2.18. The summed E-state index contributed by atoms with van der Waals surface area (Å²) < 4.78 is 4.74. The van der Waals surface area contributed by atoms with Crippen LogP contribution in [0, 0.1) is 11.3 Å². The fourth-order valence-electron chi connectivity index (χ4n) is 1.80. The molecule has 1 fully saturated rings. The second-order valence-corrected chi connectivity index (χ2v) is 4.98. The van der Waals surface area contributed by atoms with Gasteiger partial charge in [0.2, 0.25) is 0 Å². The van der Waals surface area contributed by atoms with Gasteiger partial charge in [-0.2, -0.15) is 5.26 Å². The van der Waals surface area contributed by atoms with Crippen LogP contribution in [0.25, 0.3) is 0 Å². The summed E-state index contributed by atoms with van der Waals surface area (Å²) in [6.07, 6.45) is 2.30. The molecule has 0 radical (unpaired) electrons. The second-order valence-electron chi connectivity index (χ2n) is 4.06. The number of hydrogen-bond acceptors (Lipinski definition) is 5. The molecule has 0 N–H and O–H groups in total. The summed E-state index contributed by atoms with van der Waals surface area (Å²) >= 11 is 1.39. The van der Waals surface area contributed by atoms with E-state index < -0.39 is 0 Å². The minimum Gasteiger partial charge on any atom is -0.465 e. The van der Waals surface area contributed by atoms with Crippen LogP contribution in [0.5, 0.6) is 0 Å². The molecule has 1 heterocycles. The molecular weight excluding hydrogens is 236 g/mol. The van der Waals surface area contributed by atoms with Gasteiger partial charge in [-0.1, -0.05) is 0 Å². The number of rotatable bonds is 5. The molecule has 1 aliphatic carbocycles. The van der Waals surface area contributed by atoms with E-state index >= 15 is 0 Å². The SMILES string of the molecule is COC(=O)c1sccc1CN(CC#N)C1CC1. The average Bonchev–Trinajstić information content (AvgIpc) is 3.08. The van der Waals surface area contributed by atoms with Crippen LogP contribution in [0.2, 0.25) is 0 Å². The fraction of sp³-hybridized carbons (Fsp3) is 0.500. The first kappa shape index (κ1) is 12.1. The van der Waals surface area contributed by atoms with E-state index in [2.05, 4.69) is 11.0 Å². The van der Waals surface area contributed by atoms with Crippen molar-refractivity contribution in [2.45, 2.75) is 25.4 Å². The highest BCUT2D eigenvalue weighted by Gasteiger charge is 2.29. The summed E-state index contributed by atoms with van der Waals surface area (Å²) in [4.78, 5) is 14.3. The molecule has 0 amide bonds. The van der Waals surface area contributed by atoms with Gasteiger partial charge in [-0.25, -0.2) is 4.79 Å². The zero-order valence-electron chi connectivity index (χ0n) is 9.68. The van der Waals surface area contributed by atoms with Crippen LogP contribution in [0.4, 0.5) is 0 Å². The molecular formula is C12H14N2O2S. The van der Waals surface area contributed by atoms with Crippen molar-refractivity contribution in [2.24, 2.45) is 0 Å². The number of esters is 1. The third-order valence-corrected chi connectivity index (χ3v) is 3.76. The number of nitrogens with zero attached hydrogens (tertiary/aromatic N) is 2. The van der Waals surface area contributed by atoms with Gasteiger partial charge in [0.25, 0.3) is 0 Å². The summed E-state index contributed by atoms with van der Waals surface area (Å²) in [6.45, 7) is 1.08. The molecule has 0 atom stereocenters. The van der Waals surface area contributed by atoms with Gasteiger partial charge in [0.15, 0.2) is 0 Å². The molecule has 0 aromatic carbocycles. The monoisotopic (exact) mass is 250 g/mol. The Morgan fingerprint density at radius 3 is 3.06 bits per heavy atom. The van der Waals surface area contributed by atoms with Crippen molar-refractivity contribution in [1.29, 1.82) is 5.26 Å². The first-order valence-electron chi connectivity index (χ1n) is 5.52. The normalized spacial score (nSPS) is 14.6. The minimum absolute atomic E-state index is 0.289. The summed E-state index contributed by atoms with van der Waals surface area (Å²) in [6, 6.07) is 4.63. The number of ether oxygens (including phenoxy) is 1. The Morgan fingerprint density at radius 2 is 2.47 bits per heavy atom. The number of thiophene rings is 1. The molecule has 1 aromatic heterocycles. The first-order chi connectivity index (χ1) is 8.26. The zero-order chi connectivity index (χ0) is 12.3. The Bertz CT molecular complexity index is 446. The van der Waals surface area contributed by atoms with Gasteiger partial charge in [0, 0.05) is 12.6 Å². The molecule has 4 nitrogen and oxygen atoms in total. The van der Waals surface area contributed by atoms with Crippen molar-refractivity contribution < 1.29 is 9.53 Å². The average molecular weight is 250 g/mol. The third kappa shape index (κ3) is 2.84. The summed E-state index contributed by atoms with van der Waals surface area (Å²) in [5.74, 6) is -0.289. The Kier molecular flexibility index (Phi) is 3.77. The quantitative estimate of drug-likeness (QED) is 0.592. The predicted octanol–water partition coefficient (Wildman–Crippen LogP) is 2.02. The predicted molar refractivity (Wildman–Crippen MR) is 64.7 cm³/mol. The molecule has 0 saturated heterocycles. The van der Waals surface area contributed by atoms with Crippen molar-refractivity contribution >= 4 is 17.3 Å². The van der Waals surface area contributed by atoms with Crippen LogP contribution in [-0.2, 0) is 11.3 Å². The summed E-state index contributed by atoms with van der Waals surface area (Å²) in [7, 11) is 1.39. The molecule has 0 spiro atoms. The van der Waals surface area contributed by atoms with Crippen molar-refractivity contribution in [1.82, 2.24) is 4.90 Å². The molecule has 0 aliphatic heterocycles. The first-order valence-corrected chi connectivity index (χ1v) is 6.40. The summed E-state index contributed by atoms with van der Waals surface area (Å²) in [5.41, 5.74) is 0.962. The fourth-order valence-corrected chi connectivity index (χ4v) is 2.63. The number of carbonyl (C=O) groups is 1. The van der Waals surface area contributed by atoms with E-state index in [1.165, 1.54) is 18.4 Å². The van der Waals surface area contributed by atoms with Gasteiger partial charge in [-0.15, -0.1) is 11.3 Å². The van der Waals surface area contributed by atoms with Gasteiger partial charge in [0.1, 0.15) is 4.88 Å². The highest BCUT2D eigenvalue weighted by molar-refractivity contribution is 7.12. The van der Waals surface area contributed by atoms with Gasteiger partial charge in [-0.3, -0.25) is 4.90 Å². The zero-order valence-corrected chi connectivity index (χ0v) is 10.5. The van der Waals surface area contributed by atoms with Gasteiger partial charge < -0.3 is 4.74 Å². The van der Waals surface area contributed by atoms with Crippen LogP contribution < -0.4 is 0 Å². The molecule has 5 heteroatoms. The van der Waals surface area contributed by atoms with E-state index in [1.54, 1.807) is 0 Å². The van der Waals surface area contributed by atoms with E-state index in [-0.39, 0.29) is 5.97 Å². The van der Waals surface area contributed by atoms with E-state index in [0.717, 1.165) is 18.4 Å². The molecule has 1 saturated carbocycles. The smallest absolute Gasteiger partial charge is 0.348 e. The van der Waals surface area contributed by atoms with Crippen LogP contribution >= 0.6 is 11.3 Å². The van der Waals surface area contributed by atoms with Gasteiger partial charge in [-0.05, 0) is 29.9 Å². The molecule has 1 aromatic rings. The summed E-state index contributed by atoms with van der Waals surface area (Å²) in [5, 5.41) is 10.7. The number of carbonyl (C=O) groups excluding carboxylic acids is 1. The van der Waals surface area contributed by atoms with E-state index in [1.807, 2.05) is 11.4 Å². The topological polar surface area (TPSA) is 53.3 Å². The van der Waals surface area contributed by atoms with Crippen LogP contribution in [0.1, 0.15) is 28.1 Å². The highest BCUT2D eigenvalue weighted by atomic mass is 32.1. The van der Waals surface area contributed by atoms with Crippen LogP contribution in [0.15, 0.2) is 11.4 Å². The lowest BCUT2D eigenvalue weighted by molar-refractivity contribution is 0.0604. The minimum atomic E-state index is -0.289. The molecule has 1 aliphatic rings. The molecule has 0 bridgehead atoms. The molecule has 0 unspecified atom stereocenters. The van der Waals surface area contributed by atoms with Gasteiger partial charge >= 0.3 is 5.97 Å². The maximum atomic E-state index is 11.5. The number of methoxy groups -OCH3 is 1. The Balaban J connectivity index is 2.09. The lowest BCUT2D eigenvalue weighted by atomic mass is 10.2. The van der Waals surface area contributed by atoms with Crippen molar-refractivity contribution in [3.05, 3.63) is 21.9 Å². The maximum absolute atomic E-state index is 11.5. The van der Waals surface area contributed by atoms with Crippen molar-refractivity contribution in [3.8, 4) is 6.07 Å². The Labute approximate surface area is 104 Å². The molecule has 2 rings (SSSR count).